The molecule has 0 saturated heterocycles. The molecule has 0 atom stereocenters. The first kappa shape index (κ1) is 11.3. The number of carboxylic acid groups (broad SMARTS) is 1. The molecule has 94 valence electrons. The molecule has 0 unspecified atom stereocenters. The fourth-order valence-corrected chi connectivity index (χ4v) is 1.84. The Labute approximate surface area is 107 Å². The number of carbonyl (C=O) groups is 1. The van der Waals surface area contributed by atoms with Gasteiger partial charge in [-0.2, -0.15) is 0 Å². The lowest BCUT2D eigenvalue weighted by molar-refractivity contribution is 0.0692. The molecular formula is C12H9N5O2. The molecule has 0 aromatic carbocycles. The number of nitrogens with zero attached hydrogens (tertiary/aromatic N) is 5. The zero-order chi connectivity index (χ0) is 13.4. The number of imidazole rings is 1. The van der Waals surface area contributed by atoms with Crippen LogP contribution < -0.4 is 0 Å². The van der Waals surface area contributed by atoms with Crippen LogP contribution in [-0.4, -0.2) is 35.4 Å². The third-order valence-corrected chi connectivity index (χ3v) is 2.70. The normalized spacial score (nSPS) is 10.8. The molecule has 0 amide bonds. The lowest BCUT2D eigenvalue weighted by atomic mass is 10.2. The Morgan fingerprint density at radius 1 is 1.21 bits per heavy atom. The molecule has 0 radical (unpaired) electrons. The van der Waals surface area contributed by atoms with Crippen molar-refractivity contribution in [3.05, 3.63) is 42.4 Å². The summed E-state index contributed by atoms with van der Waals surface area (Å²) in [6, 6.07) is 0. The molecule has 0 aliphatic heterocycles. The van der Waals surface area contributed by atoms with Crippen molar-refractivity contribution in [2.24, 2.45) is 0 Å². The SMILES string of the molecule is Cc1nccnc1-c1cn2ccnc(C(=O)O)c2n1. The van der Waals surface area contributed by atoms with E-state index in [2.05, 4.69) is 19.9 Å². The van der Waals surface area contributed by atoms with Crippen LogP contribution in [0.4, 0.5) is 0 Å². The first-order valence-corrected chi connectivity index (χ1v) is 5.52. The monoisotopic (exact) mass is 255 g/mol. The topological polar surface area (TPSA) is 93.3 Å². The van der Waals surface area contributed by atoms with Gasteiger partial charge in [-0.25, -0.2) is 14.8 Å². The highest BCUT2D eigenvalue weighted by molar-refractivity contribution is 5.92. The number of fused-ring (bicyclic) bond motifs is 1. The average molecular weight is 255 g/mol. The predicted molar refractivity (Wildman–Crippen MR) is 65.7 cm³/mol. The number of carboxylic acids is 1. The van der Waals surface area contributed by atoms with Crippen molar-refractivity contribution < 1.29 is 9.90 Å². The third-order valence-electron chi connectivity index (χ3n) is 2.70. The number of aromatic nitrogens is 5. The van der Waals surface area contributed by atoms with Gasteiger partial charge in [-0.3, -0.25) is 9.97 Å². The fraction of sp³-hybridized carbons (Fsp3) is 0.0833. The molecule has 7 nitrogen and oxygen atoms in total. The zero-order valence-corrected chi connectivity index (χ0v) is 9.98. The van der Waals surface area contributed by atoms with Gasteiger partial charge < -0.3 is 9.51 Å². The van der Waals surface area contributed by atoms with Gasteiger partial charge >= 0.3 is 5.97 Å². The van der Waals surface area contributed by atoms with Crippen LogP contribution in [0, 0.1) is 6.92 Å². The first-order chi connectivity index (χ1) is 9.16. The number of rotatable bonds is 2. The van der Waals surface area contributed by atoms with Gasteiger partial charge in [0.2, 0.25) is 0 Å². The number of aryl methyl sites for hydroxylation is 1. The van der Waals surface area contributed by atoms with E-state index in [9.17, 15) is 4.79 Å². The van der Waals surface area contributed by atoms with Crippen molar-refractivity contribution in [2.75, 3.05) is 0 Å². The Bertz CT molecular complexity index is 781. The minimum Gasteiger partial charge on any atom is -0.476 e. The van der Waals surface area contributed by atoms with Crippen molar-refractivity contribution in [1.29, 1.82) is 0 Å². The Morgan fingerprint density at radius 2 is 2.00 bits per heavy atom. The Kier molecular flexibility index (Phi) is 2.45. The van der Waals surface area contributed by atoms with Crippen LogP contribution in [0.25, 0.3) is 17.0 Å². The molecule has 0 saturated carbocycles. The van der Waals surface area contributed by atoms with Gasteiger partial charge in [0, 0.05) is 31.0 Å². The summed E-state index contributed by atoms with van der Waals surface area (Å²) in [6.07, 6.45) is 7.94. The molecule has 3 aromatic heterocycles. The molecule has 3 rings (SSSR count). The van der Waals surface area contributed by atoms with E-state index >= 15 is 0 Å². The maximum absolute atomic E-state index is 11.1. The molecular weight excluding hydrogens is 246 g/mol. The Balaban J connectivity index is 2.26. The van der Waals surface area contributed by atoms with Crippen molar-refractivity contribution in [3.8, 4) is 11.4 Å². The number of hydrogen-bond acceptors (Lipinski definition) is 5. The second-order valence-corrected chi connectivity index (χ2v) is 3.93. The molecule has 7 heteroatoms. The Hall–Kier alpha value is -2.83. The highest BCUT2D eigenvalue weighted by Gasteiger charge is 2.15. The summed E-state index contributed by atoms with van der Waals surface area (Å²) in [5.74, 6) is -1.11. The van der Waals surface area contributed by atoms with Crippen molar-refractivity contribution >= 4 is 11.6 Å². The summed E-state index contributed by atoms with van der Waals surface area (Å²) in [5.41, 5.74) is 2.13. The van der Waals surface area contributed by atoms with Crippen LogP contribution in [0.15, 0.2) is 31.0 Å². The summed E-state index contributed by atoms with van der Waals surface area (Å²) in [5, 5.41) is 9.07. The second kappa shape index (κ2) is 4.13. The van der Waals surface area contributed by atoms with Gasteiger partial charge in [-0.05, 0) is 6.92 Å². The second-order valence-electron chi connectivity index (χ2n) is 3.93. The van der Waals surface area contributed by atoms with Crippen LogP contribution in [0.3, 0.4) is 0 Å². The zero-order valence-electron chi connectivity index (χ0n) is 9.98. The Morgan fingerprint density at radius 3 is 2.74 bits per heavy atom. The largest absolute Gasteiger partial charge is 0.476 e. The van der Waals surface area contributed by atoms with E-state index in [1.54, 1.807) is 29.2 Å². The number of hydrogen-bond donors (Lipinski definition) is 1. The summed E-state index contributed by atoms with van der Waals surface area (Å²) in [7, 11) is 0. The van der Waals surface area contributed by atoms with Crippen LogP contribution in [0.5, 0.6) is 0 Å². The lowest BCUT2D eigenvalue weighted by Crippen LogP contribution is -2.03. The smallest absolute Gasteiger partial charge is 0.358 e. The van der Waals surface area contributed by atoms with Gasteiger partial charge in [0.15, 0.2) is 11.3 Å². The molecule has 1 N–H and O–H groups in total. The molecule has 0 bridgehead atoms. The number of aromatic carboxylic acids is 1. The maximum atomic E-state index is 11.1. The first-order valence-electron chi connectivity index (χ1n) is 5.52. The van der Waals surface area contributed by atoms with E-state index in [-0.39, 0.29) is 11.3 Å². The summed E-state index contributed by atoms with van der Waals surface area (Å²) >= 11 is 0. The fourth-order valence-electron chi connectivity index (χ4n) is 1.84. The highest BCUT2D eigenvalue weighted by atomic mass is 16.4. The maximum Gasteiger partial charge on any atom is 0.358 e. The minimum absolute atomic E-state index is 0.0877. The van der Waals surface area contributed by atoms with Crippen LogP contribution in [0.2, 0.25) is 0 Å². The molecule has 3 aromatic rings. The van der Waals surface area contributed by atoms with E-state index in [4.69, 9.17) is 5.11 Å². The van der Waals surface area contributed by atoms with Crippen LogP contribution in [0.1, 0.15) is 16.2 Å². The summed E-state index contributed by atoms with van der Waals surface area (Å²) in [6.45, 7) is 1.82. The van der Waals surface area contributed by atoms with E-state index in [0.29, 0.717) is 11.4 Å². The molecule has 0 fully saturated rings. The molecule has 19 heavy (non-hydrogen) atoms. The third kappa shape index (κ3) is 1.81. The van der Waals surface area contributed by atoms with E-state index in [1.165, 1.54) is 6.20 Å². The van der Waals surface area contributed by atoms with Crippen molar-refractivity contribution in [1.82, 2.24) is 24.3 Å². The van der Waals surface area contributed by atoms with Crippen molar-refractivity contribution in [2.45, 2.75) is 6.92 Å². The molecule has 0 aliphatic rings. The quantitative estimate of drug-likeness (QED) is 0.739. The summed E-state index contributed by atoms with van der Waals surface area (Å²) in [4.78, 5) is 27.5. The van der Waals surface area contributed by atoms with Gasteiger partial charge in [0.05, 0.1) is 5.69 Å². The van der Waals surface area contributed by atoms with E-state index in [1.807, 2.05) is 6.92 Å². The molecule has 0 spiro atoms. The molecule has 0 aliphatic carbocycles. The van der Waals surface area contributed by atoms with Crippen LogP contribution in [-0.2, 0) is 0 Å². The van der Waals surface area contributed by atoms with Gasteiger partial charge in [-0.1, -0.05) is 0 Å². The highest BCUT2D eigenvalue weighted by Crippen LogP contribution is 2.19. The lowest BCUT2D eigenvalue weighted by Gasteiger charge is -1.97. The predicted octanol–water partition coefficient (Wildman–Crippen LogP) is 1.19. The van der Waals surface area contributed by atoms with E-state index < -0.39 is 5.97 Å². The summed E-state index contributed by atoms with van der Waals surface area (Å²) < 4.78 is 1.61. The van der Waals surface area contributed by atoms with Crippen LogP contribution >= 0.6 is 0 Å². The molecule has 3 heterocycles. The van der Waals surface area contributed by atoms with Gasteiger partial charge in [0.25, 0.3) is 0 Å². The average Bonchev–Trinajstić information content (AvgIpc) is 2.82. The van der Waals surface area contributed by atoms with Crippen molar-refractivity contribution in [3.63, 3.8) is 0 Å². The minimum atomic E-state index is -1.11. The van der Waals surface area contributed by atoms with E-state index in [0.717, 1.165) is 5.69 Å². The van der Waals surface area contributed by atoms with Gasteiger partial charge in [0.1, 0.15) is 11.4 Å². The standard InChI is InChI=1S/C12H9N5O2/c1-7-9(14-3-2-13-7)8-6-17-5-4-15-10(12(18)19)11(17)16-8/h2-6H,1H3,(H,18,19). The van der Waals surface area contributed by atoms with Gasteiger partial charge in [-0.15, -0.1) is 0 Å².